The molecule has 2 atom stereocenters. The molecule has 5 rings (SSSR count). The molecule has 1 fully saturated rings. The van der Waals surface area contributed by atoms with Crippen LogP contribution in [0.4, 0.5) is 0 Å². The first-order chi connectivity index (χ1) is 15.5. The van der Waals surface area contributed by atoms with Gasteiger partial charge in [-0.05, 0) is 55.4 Å². The van der Waals surface area contributed by atoms with Gasteiger partial charge in [-0.2, -0.15) is 5.10 Å². The maximum atomic E-state index is 13.3. The Balaban J connectivity index is 1.39. The summed E-state index contributed by atoms with van der Waals surface area (Å²) in [7, 11) is -3.64. The van der Waals surface area contributed by atoms with Gasteiger partial charge in [0.2, 0.25) is 10.0 Å². The first kappa shape index (κ1) is 20.8. The molecule has 0 spiro atoms. The minimum atomic E-state index is -3.64. The SMILES string of the molecule is CCc1cc(-c2cnc3ccnn3c2)ccc1S(=O)(=O)NC1CCCC(n2cnnc2)C1. The number of hydrogen-bond donors (Lipinski definition) is 1. The van der Waals surface area contributed by atoms with Gasteiger partial charge in [0.15, 0.2) is 5.65 Å². The van der Waals surface area contributed by atoms with Gasteiger partial charge in [-0.25, -0.2) is 22.6 Å². The van der Waals surface area contributed by atoms with Gasteiger partial charge < -0.3 is 4.57 Å². The smallest absolute Gasteiger partial charge is 0.241 e. The molecule has 0 aliphatic heterocycles. The van der Waals surface area contributed by atoms with Gasteiger partial charge in [-0.1, -0.05) is 13.0 Å². The van der Waals surface area contributed by atoms with Gasteiger partial charge in [-0.15, -0.1) is 10.2 Å². The summed E-state index contributed by atoms with van der Waals surface area (Å²) in [6.45, 7) is 1.97. The third-order valence-corrected chi connectivity index (χ3v) is 7.76. The van der Waals surface area contributed by atoms with Crippen molar-refractivity contribution in [3.63, 3.8) is 0 Å². The van der Waals surface area contributed by atoms with Crippen molar-refractivity contribution < 1.29 is 8.42 Å². The predicted octanol–water partition coefficient (Wildman–Crippen LogP) is 3.01. The van der Waals surface area contributed by atoms with E-state index in [9.17, 15) is 8.42 Å². The molecular formula is C22H25N7O2S. The van der Waals surface area contributed by atoms with Crippen molar-refractivity contribution in [2.75, 3.05) is 0 Å². The highest BCUT2D eigenvalue weighted by atomic mass is 32.2. The van der Waals surface area contributed by atoms with E-state index in [4.69, 9.17) is 0 Å². The topological polar surface area (TPSA) is 107 Å². The molecule has 3 heterocycles. The Bertz CT molecular complexity index is 1330. The highest BCUT2D eigenvalue weighted by Gasteiger charge is 2.28. The lowest BCUT2D eigenvalue weighted by molar-refractivity contribution is 0.305. The molecule has 166 valence electrons. The Labute approximate surface area is 186 Å². The Kier molecular flexibility index (Phi) is 5.48. The molecule has 0 bridgehead atoms. The average molecular weight is 452 g/mol. The fourth-order valence-corrected chi connectivity index (χ4v) is 6.05. The van der Waals surface area contributed by atoms with Gasteiger partial charge in [0.25, 0.3) is 0 Å². The first-order valence-corrected chi connectivity index (χ1v) is 12.3. The zero-order valence-electron chi connectivity index (χ0n) is 17.8. The molecule has 32 heavy (non-hydrogen) atoms. The Morgan fingerprint density at radius 3 is 2.78 bits per heavy atom. The Hall–Kier alpha value is -3.11. The third-order valence-electron chi connectivity index (χ3n) is 6.14. The van der Waals surface area contributed by atoms with Crippen molar-refractivity contribution in [3.8, 4) is 11.1 Å². The van der Waals surface area contributed by atoms with E-state index < -0.39 is 10.0 Å². The third kappa shape index (κ3) is 4.03. The second-order valence-electron chi connectivity index (χ2n) is 8.20. The summed E-state index contributed by atoms with van der Waals surface area (Å²) in [6, 6.07) is 7.40. The van der Waals surface area contributed by atoms with Gasteiger partial charge >= 0.3 is 0 Å². The van der Waals surface area contributed by atoms with E-state index in [0.717, 1.165) is 48.0 Å². The van der Waals surface area contributed by atoms with Gasteiger partial charge in [0, 0.05) is 36.1 Å². The largest absolute Gasteiger partial charge is 0.317 e. The lowest BCUT2D eigenvalue weighted by Crippen LogP contribution is -2.39. The lowest BCUT2D eigenvalue weighted by atomic mass is 9.91. The fraction of sp³-hybridized carbons (Fsp3) is 0.364. The number of benzene rings is 1. The van der Waals surface area contributed by atoms with E-state index in [0.29, 0.717) is 11.3 Å². The van der Waals surface area contributed by atoms with E-state index >= 15 is 0 Å². The van der Waals surface area contributed by atoms with Crippen molar-refractivity contribution >= 4 is 15.7 Å². The van der Waals surface area contributed by atoms with Gasteiger partial charge in [0.05, 0.1) is 11.1 Å². The van der Waals surface area contributed by atoms with Crippen LogP contribution in [-0.2, 0) is 16.4 Å². The molecule has 1 saturated carbocycles. The molecule has 4 aromatic rings. The Morgan fingerprint density at radius 1 is 1.12 bits per heavy atom. The van der Waals surface area contributed by atoms with Crippen LogP contribution in [0.2, 0.25) is 0 Å². The molecule has 0 amide bonds. The van der Waals surface area contributed by atoms with E-state index in [2.05, 4.69) is 25.0 Å². The molecule has 9 nitrogen and oxygen atoms in total. The number of sulfonamides is 1. The van der Waals surface area contributed by atoms with Crippen molar-refractivity contribution in [1.82, 2.24) is 34.1 Å². The second kappa shape index (κ2) is 8.44. The summed E-state index contributed by atoms with van der Waals surface area (Å²) in [6.07, 6.45) is 12.9. The van der Waals surface area contributed by atoms with Crippen molar-refractivity contribution in [2.24, 2.45) is 0 Å². The van der Waals surface area contributed by atoms with E-state index in [-0.39, 0.29) is 12.1 Å². The number of rotatable bonds is 6. The van der Waals surface area contributed by atoms with Crippen LogP contribution in [0, 0.1) is 0 Å². The van der Waals surface area contributed by atoms with Crippen molar-refractivity contribution in [3.05, 3.63) is 61.1 Å². The zero-order valence-corrected chi connectivity index (χ0v) is 18.6. The maximum Gasteiger partial charge on any atom is 0.241 e. The number of aromatic nitrogens is 6. The molecule has 3 aromatic heterocycles. The van der Waals surface area contributed by atoms with Crippen LogP contribution in [0.15, 0.2) is 60.4 Å². The standard InChI is InChI=1S/C22H25N7O2S/c1-2-16-10-17(18-12-23-22-8-9-26-29(22)13-18)6-7-21(16)32(30,31)27-19-4-3-5-20(11-19)28-14-24-25-15-28/h6-10,12-15,19-20,27H,2-5,11H2,1H3. The number of nitrogens with zero attached hydrogens (tertiary/aromatic N) is 6. The monoisotopic (exact) mass is 451 g/mol. The first-order valence-electron chi connectivity index (χ1n) is 10.8. The second-order valence-corrected chi connectivity index (χ2v) is 9.88. The maximum absolute atomic E-state index is 13.3. The average Bonchev–Trinajstić information content (AvgIpc) is 3.50. The van der Waals surface area contributed by atoms with Gasteiger partial charge in [0.1, 0.15) is 12.7 Å². The summed E-state index contributed by atoms with van der Waals surface area (Å²) < 4.78 is 33.2. The zero-order chi connectivity index (χ0) is 22.1. The van der Waals surface area contributed by atoms with Crippen LogP contribution >= 0.6 is 0 Å². The highest BCUT2D eigenvalue weighted by molar-refractivity contribution is 7.89. The number of hydrogen-bond acceptors (Lipinski definition) is 6. The molecule has 1 aliphatic rings. The van der Waals surface area contributed by atoms with Crippen LogP contribution in [-0.4, -0.2) is 43.8 Å². The summed E-state index contributed by atoms with van der Waals surface area (Å²) in [5.74, 6) is 0. The van der Waals surface area contributed by atoms with E-state index in [1.807, 2.05) is 35.9 Å². The quantitative estimate of drug-likeness (QED) is 0.483. The summed E-state index contributed by atoms with van der Waals surface area (Å²) in [5.41, 5.74) is 3.35. The van der Waals surface area contributed by atoms with Crippen LogP contribution in [0.25, 0.3) is 16.8 Å². The molecular weight excluding hydrogens is 426 g/mol. The minimum absolute atomic E-state index is 0.114. The van der Waals surface area contributed by atoms with E-state index in [1.165, 1.54) is 0 Å². The van der Waals surface area contributed by atoms with E-state index in [1.54, 1.807) is 35.6 Å². The molecule has 0 saturated heterocycles. The molecule has 10 heteroatoms. The molecule has 0 radical (unpaired) electrons. The van der Waals surface area contributed by atoms with Crippen LogP contribution in [0.3, 0.4) is 0 Å². The van der Waals surface area contributed by atoms with Crippen LogP contribution < -0.4 is 4.72 Å². The molecule has 1 aliphatic carbocycles. The number of aryl methyl sites for hydroxylation is 1. The van der Waals surface area contributed by atoms with Crippen molar-refractivity contribution in [2.45, 2.75) is 56.0 Å². The Morgan fingerprint density at radius 2 is 1.97 bits per heavy atom. The van der Waals surface area contributed by atoms with Gasteiger partial charge in [-0.3, -0.25) is 0 Å². The fourth-order valence-electron chi connectivity index (χ4n) is 4.48. The minimum Gasteiger partial charge on any atom is -0.317 e. The number of fused-ring (bicyclic) bond motifs is 1. The number of nitrogens with one attached hydrogen (secondary N) is 1. The summed E-state index contributed by atoms with van der Waals surface area (Å²) >= 11 is 0. The summed E-state index contributed by atoms with van der Waals surface area (Å²) in [5, 5.41) is 12.0. The summed E-state index contributed by atoms with van der Waals surface area (Å²) in [4.78, 5) is 4.75. The normalized spacial score (nSPS) is 19.4. The van der Waals surface area contributed by atoms with Crippen molar-refractivity contribution in [1.29, 1.82) is 0 Å². The van der Waals surface area contributed by atoms with Crippen LogP contribution in [0.1, 0.15) is 44.2 Å². The lowest BCUT2D eigenvalue weighted by Gasteiger charge is -2.30. The predicted molar refractivity (Wildman–Crippen MR) is 119 cm³/mol. The highest BCUT2D eigenvalue weighted by Crippen LogP contribution is 2.30. The molecule has 1 aromatic carbocycles. The molecule has 2 unspecified atom stereocenters. The van der Waals surface area contributed by atoms with Crippen LogP contribution in [0.5, 0.6) is 0 Å². The molecule has 1 N–H and O–H groups in total.